The molecule has 0 aliphatic carbocycles. The van der Waals surface area contributed by atoms with E-state index in [2.05, 4.69) is 26.1 Å². The summed E-state index contributed by atoms with van der Waals surface area (Å²) in [5.74, 6) is 0.243. The molecule has 0 spiro atoms. The second-order valence-corrected chi connectivity index (χ2v) is 4.78. The molecule has 1 heterocycles. The average molecular weight is 323 g/mol. The fourth-order valence-corrected chi connectivity index (χ4v) is 2.67. The Morgan fingerprint density at radius 3 is 2.75 bits per heavy atom. The first-order valence-electron chi connectivity index (χ1n) is 4.29. The van der Waals surface area contributed by atoms with E-state index >= 15 is 0 Å². The number of hydrogen-bond acceptors (Lipinski definition) is 2. The maximum absolute atomic E-state index is 13.1. The molecule has 1 N–H and O–H groups in total. The number of rotatable bonds is 1. The zero-order valence-electron chi connectivity index (χ0n) is 8.09. The van der Waals surface area contributed by atoms with Gasteiger partial charge in [-0.25, -0.2) is 4.39 Å². The molecule has 3 nitrogen and oxygen atoms in total. The van der Waals surface area contributed by atoms with Gasteiger partial charge in [0.2, 0.25) is 0 Å². The highest BCUT2D eigenvalue weighted by Crippen LogP contribution is 2.30. The highest BCUT2D eigenvalue weighted by atomic mass is 79.9. The summed E-state index contributed by atoms with van der Waals surface area (Å²) < 4.78 is 15.7. The molecule has 0 saturated heterocycles. The Hall–Kier alpha value is -0.720. The van der Waals surface area contributed by atoms with Crippen molar-refractivity contribution in [3.05, 3.63) is 38.0 Å². The van der Waals surface area contributed by atoms with E-state index in [4.69, 9.17) is 23.8 Å². The van der Waals surface area contributed by atoms with Gasteiger partial charge < -0.3 is 0 Å². The number of hydrogen-bond donors (Lipinski definition) is 1. The summed E-state index contributed by atoms with van der Waals surface area (Å²) in [5, 5.41) is 6.89. The number of aryl methyl sites for hydroxylation is 1. The summed E-state index contributed by atoms with van der Waals surface area (Å²) >= 11 is 14.3. The molecule has 1 aromatic heterocycles. The second-order valence-electron chi connectivity index (χ2n) is 3.13. The lowest BCUT2D eigenvalue weighted by Gasteiger charge is -2.09. The van der Waals surface area contributed by atoms with Gasteiger partial charge in [-0.3, -0.25) is 9.67 Å². The molecule has 1 aromatic carbocycles. The molecule has 0 radical (unpaired) electrons. The molecular weight excluding hydrogens is 317 g/mol. The van der Waals surface area contributed by atoms with Gasteiger partial charge in [-0.1, -0.05) is 11.6 Å². The van der Waals surface area contributed by atoms with Crippen LogP contribution in [-0.4, -0.2) is 14.8 Å². The molecule has 7 heteroatoms. The maximum atomic E-state index is 13.1. The number of nitrogens with one attached hydrogen (secondary N) is 1. The Bertz CT molecular complexity index is 584. The van der Waals surface area contributed by atoms with Crippen molar-refractivity contribution in [2.24, 2.45) is 0 Å². The van der Waals surface area contributed by atoms with Gasteiger partial charge in [-0.05, 0) is 47.2 Å². The van der Waals surface area contributed by atoms with Crippen molar-refractivity contribution in [3.63, 3.8) is 0 Å². The third-order valence-electron chi connectivity index (χ3n) is 2.05. The van der Waals surface area contributed by atoms with E-state index in [1.54, 1.807) is 11.5 Å². The van der Waals surface area contributed by atoms with Crippen LogP contribution in [0.15, 0.2) is 16.6 Å². The summed E-state index contributed by atoms with van der Waals surface area (Å²) in [6.07, 6.45) is 0. The standard InChI is InChI=1S/C9H6BrClFN3S/c1-4-13-14-9(16)15(4)8-6(10)2-5(12)3-7(8)11/h2-3H,1H3,(H,14,16). The Labute approximate surface area is 109 Å². The van der Waals surface area contributed by atoms with Crippen LogP contribution < -0.4 is 0 Å². The highest BCUT2D eigenvalue weighted by molar-refractivity contribution is 9.10. The largest absolute Gasteiger partial charge is 0.270 e. The van der Waals surface area contributed by atoms with Crippen molar-refractivity contribution in [1.29, 1.82) is 0 Å². The van der Waals surface area contributed by atoms with Gasteiger partial charge >= 0.3 is 0 Å². The molecular formula is C9H6BrClFN3S. The van der Waals surface area contributed by atoms with Crippen molar-refractivity contribution in [2.45, 2.75) is 6.92 Å². The molecule has 0 saturated carbocycles. The SMILES string of the molecule is Cc1n[nH]c(=S)n1-c1c(Cl)cc(F)cc1Br. The topological polar surface area (TPSA) is 33.6 Å². The van der Waals surface area contributed by atoms with Crippen LogP contribution in [0, 0.1) is 17.5 Å². The third-order valence-corrected chi connectivity index (χ3v) is 3.21. The Morgan fingerprint density at radius 1 is 1.56 bits per heavy atom. The predicted octanol–water partition coefficient (Wildman–Crippen LogP) is 3.79. The Kier molecular flexibility index (Phi) is 3.14. The highest BCUT2D eigenvalue weighted by Gasteiger charge is 2.13. The normalized spacial score (nSPS) is 10.8. The predicted molar refractivity (Wildman–Crippen MR) is 66.2 cm³/mol. The van der Waals surface area contributed by atoms with E-state index in [1.165, 1.54) is 12.1 Å². The van der Waals surface area contributed by atoms with Crippen molar-refractivity contribution < 1.29 is 4.39 Å². The summed E-state index contributed by atoms with van der Waals surface area (Å²) in [5.41, 5.74) is 0.583. The van der Waals surface area contributed by atoms with Crippen LogP contribution in [0.1, 0.15) is 5.82 Å². The summed E-state index contributed by atoms with van der Waals surface area (Å²) in [6.45, 7) is 1.78. The maximum Gasteiger partial charge on any atom is 0.199 e. The van der Waals surface area contributed by atoms with Crippen LogP contribution in [0.5, 0.6) is 0 Å². The summed E-state index contributed by atoms with van der Waals surface area (Å²) in [6, 6.07) is 2.56. The first kappa shape index (κ1) is 11.8. The van der Waals surface area contributed by atoms with Crippen LogP contribution in [0.2, 0.25) is 5.02 Å². The van der Waals surface area contributed by atoms with E-state index in [0.29, 0.717) is 20.8 Å². The van der Waals surface area contributed by atoms with E-state index in [9.17, 15) is 4.39 Å². The molecule has 2 aromatic rings. The smallest absolute Gasteiger partial charge is 0.199 e. The van der Waals surface area contributed by atoms with Crippen LogP contribution in [0.3, 0.4) is 0 Å². The van der Waals surface area contributed by atoms with E-state index in [-0.39, 0.29) is 5.02 Å². The Balaban J connectivity index is 2.79. The number of benzene rings is 1. The molecule has 0 aliphatic heterocycles. The monoisotopic (exact) mass is 321 g/mol. The van der Waals surface area contributed by atoms with Crippen LogP contribution in [0.4, 0.5) is 4.39 Å². The van der Waals surface area contributed by atoms with Gasteiger partial charge in [0.1, 0.15) is 11.6 Å². The summed E-state index contributed by atoms with van der Waals surface area (Å²) in [7, 11) is 0. The van der Waals surface area contributed by atoms with E-state index in [0.717, 1.165) is 0 Å². The second kappa shape index (κ2) is 4.27. The van der Waals surface area contributed by atoms with Crippen molar-refractivity contribution in [3.8, 4) is 5.69 Å². The zero-order valence-corrected chi connectivity index (χ0v) is 11.2. The number of aromatic nitrogens is 3. The lowest BCUT2D eigenvalue weighted by Crippen LogP contribution is -2.00. The van der Waals surface area contributed by atoms with Crippen molar-refractivity contribution >= 4 is 39.7 Å². The minimum atomic E-state index is -0.409. The molecule has 0 fully saturated rings. The molecule has 84 valence electrons. The van der Waals surface area contributed by atoms with Gasteiger partial charge in [0.05, 0.1) is 10.7 Å². The van der Waals surface area contributed by atoms with Crippen molar-refractivity contribution in [1.82, 2.24) is 14.8 Å². The fourth-order valence-electron chi connectivity index (χ4n) is 1.39. The first-order valence-corrected chi connectivity index (χ1v) is 5.87. The summed E-state index contributed by atoms with van der Waals surface area (Å²) in [4.78, 5) is 0. The van der Waals surface area contributed by atoms with Gasteiger partial charge in [-0.2, -0.15) is 5.10 Å². The molecule has 0 bridgehead atoms. The van der Waals surface area contributed by atoms with Crippen LogP contribution >= 0.6 is 39.7 Å². The molecule has 0 amide bonds. The fraction of sp³-hybridized carbons (Fsp3) is 0.111. The van der Waals surface area contributed by atoms with Gasteiger partial charge in [0.25, 0.3) is 0 Å². The molecule has 0 unspecified atom stereocenters. The lowest BCUT2D eigenvalue weighted by atomic mass is 10.3. The first-order chi connectivity index (χ1) is 7.50. The van der Waals surface area contributed by atoms with Gasteiger partial charge in [-0.15, -0.1) is 0 Å². The molecule has 0 aliphatic rings. The molecule has 2 rings (SSSR count). The number of nitrogens with zero attached hydrogens (tertiary/aromatic N) is 2. The van der Waals surface area contributed by atoms with Gasteiger partial charge in [0, 0.05) is 4.47 Å². The average Bonchev–Trinajstić information content (AvgIpc) is 2.47. The molecule has 0 atom stereocenters. The zero-order chi connectivity index (χ0) is 11.9. The van der Waals surface area contributed by atoms with E-state index < -0.39 is 5.82 Å². The minimum absolute atomic E-state index is 0.271. The number of halogens is 3. The molecule has 16 heavy (non-hydrogen) atoms. The van der Waals surface area contributed by atoms with Crippen LogP contribution in [0.25, 0.3) is 5.69 Å². The lowest BCUT2D eigenvalue weighted by molar-refractivity contribution is 0.626. The number of aromatic amines is 1. The minimum Gasteiger partial charge on any atom is -0.270 e. The third kappa shape index (κ3) is 1.92. The van der Waals surface area contributed by atoms with Crippen LogP contribution in [-0.2, 0) is 0 Å². The van der Waals surface area contributed by atoms with Crippen molar-refractivity contribution in [2.75, 3.05) is 0 Å². The Morgan fingerprint density at radius 2 is 2.25 bits per heavy atom. The number of H-pyrrole nitrogens is 1. The van der Waals surface area contributed by atoms with E-state index in [1.807, 2.05) is 0 Å². The quantitative estimate of drug-likeness (QED) is 0.810. The van der Waals surface area contributed by atoms with Gasteiger partial charge in [0.15, 0.2) is 4.77 Å².